The monoisotopic (exact) mass is 392 g/mol. The lowest BCUT2D eigenvalue weighted by molar-refractivity contribution is -0.124. The third-order valence-corrected chi connectivity index (χ3v) is 5.93. The zero-order valence-corrected chi connectivity index (χ0v) is 17.9. The van der Waals surface area contributed by atoms with Crippen LogP contribution in [0, 0.1) is 25.7 Å². The molecule has 2 aromatic rings. The Morgan fingerprint density at radius 2 is 1.66 bits per heavy atom. The molecule has 1 N–H and O–H groups in total. The van der Waals surface area contributed by atoms with Crippen molar-refractivity contribution < 1.29 is 9.59 Å². The van der Waals surface area contributed by atoms with E-state index in [4.69, 9.17) is 0 Å². The predicted molar refractivity (Wildman–Crippen MR) is 117 cm³/mol. The summed E-state index contributed by atoms with van der Waals surface area (Å²) in [7, 11) is 0. The summed E-state index contributed by atoms with van der Waals surface area (Å²) in [5.74, 6) is 0.405. The zero-order chi connectivity index (χ0) is 21.0. The third-order valence-electron chi connectivity index (χ3n) is 5.93. The molecule has 29 heavy (non-hydrogen) atoms. The van der Waals surface area contributed by atoms with Gasteiger partial charge < -0.3 is 10.2 Å². The molecule has 0 aliphatic carbocycles. The van der Waals surface area contributed by atoms with Crippen LogP contribution in [0.25, 0.3) is 0 Å². The van der Waals surface area contributed by atoms with Gasteiger partial charge >= 0.3 is 0 Å². The van der Waals surface area contributed by atoms with Gasteiger partial charge in [-0.2, -0.15) is 0 Å². The quantitative estimate of drug-likeness (QED) is 0.796. The van der Waals surface area contributed by atoms with Gasteiger partial charge in [0.2, 0.25) is 5.91 Å². The van der Waals surface area contributed by atoms with E-state index in [9.17, 15) is 9.59 Å². The second-order valence-electron chi connectivity index (χ2n) is 8.57. The topological polar surface area (TPSA) is 49.4 Å². The lowest BCUT2D eigenvalue weighted by atomic mass is 9.86. The lowest BCUT2D eigenvalue weighted by Gasteiger charge is -2.20. The van der Waals surface area contributed by atoms with Crippen molar-refractivity contribution >= 4 is 11.8 Å². The summed E-state index contributed by atoms with van der Waals surface area (Å²) in [6, 6.07) is 15.9. The van der Waals surface area contributed by atoms with Gasteiger partial charge in [0.15, 0.2) is 0 Å². The van der Waals surface area contributed by atoms with Crippen molar-refractivity contribution in [2.75, 3.05) is 19.6 Å². The van der Waals surface area contributed by atoms with Crippen molar-refractivity contribution in [3.05, 3.63) is 70.8 Å². The van der Waals surface area contributed by atoms with Crippen LogP contribution in [0.5, 0.6) is 0 Å². The molecule has 2 atom stereocenters. The number of hydrogen-bond acceptors (Lipinski definition) is 2. The fourth-order valence-corrected chi connectivity index (χ4v) is 4.15. The van der Waals surface area contributed by atoms with E-state index in [1.165, 1.54) is 5.56 Å². The van der Waals surface area contributed by atoms with Crippen molar-refractivity contribution in [1.82, 2.24) is 10.2 Å². The summed E-state index contributed by atoms with van der Waals surface area (Å²) in [4.78, 5) is 28.1. The second-order valence-corrected chi connectivity index (χ2v) is 8.57. The molecule has 3 rings (SSSR count). The van der Waals surface area contributed by atoms with Gasteiger partial charge in [-0.25, -0.2) is 0 Å². The van der Waals surface area contributed by atoms with Gasteiger partial charge in [0.05, 0.1) is 5.92 Å². The van der Waals surface area contributed by atoms with Crippen molar-refractivity contribution in [1.29, 1.82) is 0 Å². The van der Waals surface area contributed by atoms with E-state index in [0.29, 0.717) is 25.6 Å². The number of amides is 2. The van der Waals surface area contributed by atoms with Crippen LogP contribution in [-0.2, 0) is 4.79 Å². The molecule has 1 saturated heterocycles. The van der Waals surface area contributed by atoms with Crippen LogP contribution in [0.2, 0.25) is 0 Å². The molecule has 4 nitrogen and oxygen atoms in total. The first-order valence-electron chi connectivity index (χ1n) is 10.6. The Morgan fingerprint density at radius 1 is 1.00 bits per heavy atom. The smallest absolute Gasteiger partial charge is 0.254 e. The number of likely N-dealkylation sites (tertiary alicyclic amines) is 1. The average molecular weight is 393 g/mol. The average Bonchev–Trinajstić information content (AvgIpc) is 3.13. The maximum Gasteiger partial charge on any atom is 0.254 e. The van der Waals surface area contributed by atoms with E-state index in [1.807, 2.05) is 48.2 Å². The molecule has 0 aromatic heterocycles. The molecule has 2 aromatic carbocycles. The molecule has 0 bridgehead atoms. The summed E-state index contributed by atoms with van der Waals surface area (Å²) >= 11 is 0. The maximum atomic E-state index is 13.2. The number of hydrogen-bond donors (Lipinski definition) is 1. The molecule has 1 aliphatic heterocycles. The van der Waals surface area contributed by atoms with Gasteiger partial charge in [-0.3, -0.25) is 9.59 Å². The molecule has 0 unspecified atom stereocenters. The van der Waals surface area contributed by atoms with Crippen LogP contribution in [0.1, 0.15) is 53.2 Å². The summed E-state index contributed by atoms with van der Waals surface area (Å²) < 4.78 is 0. The second kappa shape index (κ2) is 9.25. The molecule has 0 spiro atoms. The lowest BCUT2D eigenvalue weighted by Crippen LogP contribution is -2.36. The number of carbonyl (C=O) groups is 2. The molecule has 0 radical (unpaired) electrons. The van der Waals surface area contributed by atoms with Gasteiger partial charge in [-0.05, 0) is 48.9 Å². The molecule has 4 heteroatoms. The molecule has 2 amide bonds. The van der Waals surface area contributed by atoms with E-state index in [1.54, 1.807) is 0 Å². The van der Waals surface area contributed by atoms with Crippen LogP contribution >= 0.6 is 0 Å². The minimum absolute atomic E-state index is 0.0131. The standard InChI is InChI=1S/C25H32N2O2/c1-17(2)13-14-26-24(28)23-16-27(25(29)21-12-8-6-10-19(21)4)15-22(23)20-11-7-5-9-18(20)3/h5-12,17,22-23H,13-16H2,1-4H3,(H,26,28)/t22-,23+/m0/s1. The van der Waals surface area contributed by atoms with Crippen LogP contribution in [0.3, 0.4) is 0 Å². The number of aryl methyl sites for hydroxylation is 2. The van der Waals surface area contributed by atoms with E-state index in [0.717, 1.165) is 23.1 Å². The molecule has 154 valence electrons. The molecular weight excluding hydrogens is 360 g/mol. The Bertz CT molecular complexity index is 875. The van der Waals surface area contributed by atoms with Crippen molar-refractivity contribution in [3.8, 4) is 0 Å². The van der Waals surface area contributed by atoms with Crippen LogP contribution in [-0.4, -0.2) is 36.3 Å². The number of nitrogens with zero attached hydrogens (tertiary/aromatic N) is 1. The Balaban J connectivity index is 1.84. The van der Waals surface area contributed by atoms with Crippen molar-refractivity contribution in [3.63, 3.8) is 0 Å². The fraction of sp³-hybridized carbons (Fsp3) is 0.440. The number of benzene rings is 2. The number of rotatable bonds is 6. The van der Waals surface area contributed by atoms with E-state index < -0.39 is 0 Å². The molecule has 1 fully saturated rings. The zero-order valence-electron chi connectivity index (χ0n) is 17.9. The number of carbonyl (C=O) groups excluding carboxylic acids is 2. The Labute approximate surface area is 174 Å². The highest BCUT2D eigenvalue weighted by Crippen LogP contribution is 2.35. The highest BCUT2D eigenvalue weighted by atomic mass is 16.2. The first-order valence-corrected chi connectivity index (χ1v) is 10.6. The minimum Gasteiger partial charge on any atom is -0.356 e. The summed E-state index contributed by atoms with van der Waals surface area (Å²) in [5, 5.41) is 3.11. The minimum atomic E-state index is -0.226. The van der Waals surface area contributed by atoms with Gasteiger partial charge in [0.25, 0.3) is 5.91 Å². The van der Waals surface area contributed by atoms with Crippen molar-refractivity contribution in [2.45, 2.75) is 40.0 Å². The molecule has 1 heterocycles. The van der Waals surface area contributed by atoms with E-state index in [-0.39, 0.29) is 23.7 Å². The van der Waals surface area contributed by atoms with E-state index in [2.05, 4.69) is 38.2 Å². The van der Waals surface area contributed by atoms with Crippen LogP contribution < -0.4 is 5.32 Å². The summed E-state index contributed by atoms with van der Waals surface area (Å²) in [6.07, 6.45) is 0.958. The van der Waals surface area contributed by atoms with Crippen LogP contribution in [0.4, 0.5) is 0 Å². The highest BCUT2D eigenvalue weighted by Gasteiger charge is 2.41. The first kappa shape index (κ1) is 21.1. The third kappa shape index (κ3) is 4.87. The van der Waals surface area contributed by atoms with Gasteiger partial charge in [0.1, 0.15) is 0 Å². The van der Waals surface area contributed by atoms with Crippen molar-refractivity contribution in [2.24, 2.45) is 11.8 Å². The molecule has 0 saturated carbocycles. The first-order chi connectivity index (χ1) is 13.9. The highest BCUT2D eigenvalue weighted by molar-refractivity contribution is 5.96. The summed E-state index contributed by atoms with van der Waals surface area (Å²) in [5.41, 5.74) is 4.02. The SMILES string of the molecule is Cc1ccccc1C(=O)N1C[C@@H](C(=O)NCCC(C)C)[C@H](c2ccccc2C)C1. The summed E-state index contributed by atoms with van der Waals surface area (Å²) in [6.45, 7) is 10.0. The van der Waals surface area contributed by atoms with Gasteiger partial charge in [0, 0.05) is 31.1 Å². The molecule has 1 aliphatic rings. The maximum absolute atomic E-state index is 13.2. The van der Waals surface area contributed by atoms with Gasteiger partial charge in [-0.15, -0.1) is 0 Å². The van der Waals surface area contributed by atoms with E-state index >= 15 is 0 Å². The predicted octanol–water partition coefficient (Wildman–Crippen LogP) is 4.32. The Hall–Kier alpha value is -2.62. The van der Waals surface area contributed by atoms with Gasteiger partial charge in [-0.1, -0.05) is 56.3 Å². The largest absolute Gasteiger partial charge is 0.356 e. The fourth-order valence-electron chi connectivity index (χ4n) is 4.15. The number of nitrogens with one attached hydrogen (secondary N) is 1. The Morgan fingerprint density at radius 3 is 2.31 bits per heavy atom. The molecular formula is C25H32N2O2. The normalized spacial score (nSPS) is 18.9. The van der Waals surface area contributed by atoms with Crippen LogP contribution in [0.15, 0.2) is 48.5 Å². The Kier molecular flexibility index (Phi) is 6.73.